The van der Waals surface area contributed by atoms with E-state index in [2.05, 4.69) is 0 Å². The Morgan fingerprint density at radius 2 is 2.14 bits per heavy atom. The first kappa shape index (κ1) is 9.65. The van der Waals surface area contributed by atoms with Crippen molar-refractivity contribution in [3.8, 4) is 0 Å². The van der Waals surface area contributed by atoms with Gasteiger partial charge in [0.2, 0.25) is 0 Å². The Morgan fingerprint density at radius 3 is 2.71 bits per heavy atom. The number of rotatable bonds is 5. The van der Waals surface area contributed by atoms with E-state index < -0.39 is 0 Å². The van der Waals surface area contributed by atoms with Crippen LogP contribution in [-0.2, 0) is 16.1 Å². The molecule has 1 N–H and O–H groups in total. The number of benzene rings is 1. The monoisotopic (exact) mass is 194 g/mol. The number of ether oxygens (including phenoxy) is 2. The van der Waals surface area contributed by atoms with Crippen molar-refractivity contribution in [1.29, 1.82) is 0 Å². The van der Waals surface area contributed by atoms with Crippen LogP contribution in [0.5, 0.6) is 0 Å². The summed E-state index contributed by atoms with van der Waals surface area (Å²) in [7, 11) is 0. The van der Waals surface area contributed by atoms with E-state index in [-0.39, 0.29) is 18.8 Å². The fourth-order valence-electron chi connectivity index (χ4n) is 1.33. The van der Waals surface area contributed by atoms with E-state index in [1.54, 1.807) is 0 Å². The van der Waals surface area contributed by atoms with Gasteiger partial charge in [0.05, 0.1) is 19.8 Å². The lowest BCUT2D eigenvalue weighted by Crippen LogP contribution is -2.23. The third-order valence-electron chi connectivity index (χ3n) is 2.26. The standard InChI is InChI=1S/C11H14O3/c12-6-10(11-8-14-11)13-7-9-4-2-1-3-5-9/h1-5,10-12H,6-8H2/t10-,11+/m1/s1. The molecular weight excluding hydrogens is 180 g/mol. The average molecular weight is 194 g/mol. The summed E-state index contributed by atoms with van der Waals surface area (Å²) < 4.78 is 10.6. The Kier molecular flexibility index (Phi) is 3.14. The zero-order valence-corrected chi connectivity index (χ0v) is 7.93. The van der Waals surface area contributed by atoms with Crippen molar-refractivity contribution in [2.45, 2.75) is 18.8 Å². The molecule has 1 aromatic carbocycles. The first-order valence-electron chi connectivity index (χ1n) is 4.78. The van der Waals surface area contributed by atoms with Gasteiger partial charge in [-0.2, -0.15) is 0 Å². The van der Waals surface area contributed by atoms with Crippen LogP contribution < -0.4 is 0 Å². The molecule has 0 bridgehead atoms. The third-order valence-corrected chi connectivity index (χ3v) is 2.26. The van der Waals surface area contributed by atoms with Crippen molar-refractivity contribution >= 4 is 0 Å². The van der Waals surface area contributed by atoms with Crippen molar-refractivity contribution in [2.24, 2.45) is 0 Å². The topological polar surface area (TPSA) is 42.0 Å². The van der Waals surface area contributed by atoms with Crippen molar-refractivity contribution in [2.75, 3.05) is 13.2 Å². The number of epoxide rings is 1. The molecule has 0 spiro atoms. The molecule has 1 aromatic rings. The first-order valence-corrected chi connectivity index (χ1v) is 4.78. The minimum absolute atomic E-state index is 0.0253. The van der Waals surface area contributed by atoms with Gasteiger partial charge < -0.3 is 14.6 Å². The van der Waals surface area contributed by atoms with Crippen LogP contribution in [0.25, 0.3) is 0 Å². The zero-order valence-electron chi connectivity index (χ0n) is 7.93. The maximum Gasteiger partial charge on any atom is 0.109 e. The molecule has 3 nitrogen and oxygen atoms in total. The minimum Gasteiger partial charge on any atom is -0.394 e. The van der Waals surface area contributed by atoms with Gasteiger partial charge in [-0.15, -0.1) is 0 Å². The second-order valence-electron chi connectivity index (χ2n) is 3.39. The highest BCUT2D eigenvalue weighted by Crippen LogP contribution is 2.17. The van der Waals surface area contributed by atoms with Gasteiger partial charge in [0.25, 0.3) is 0 Å². The van der Waals surface area contributed by atoms with E-state index in [1.807, 2.05) is 30.3 Å². The number of aliphatic hydroxyl groups excluding tert-OH is 1. The van der Waals surface area contributed by atoms with Crippen LogP contribution >= 0.6 is 0 Å². The highest BCUT2D eigenvalue weighted by molar-refractivity contribution is 5.13. The fraction of sp³-hybridized carbons (Fsp3) is 0.455. The van der Waals surface area contributed by atoms with Gasteiger partial charge in [0.1, 0.15) is 12.2 Å². The van der Waals surface area contributed by atoms with Gasteiger partial charge in [-0.25, -0.2) is 0 Å². The number of aliphatic hydroxyl groups is 1. The normalized spacial score (nSPS) is 21.9. The molecule has 1 aliphatic rings. The molecule has 1 heterocycles. The molecule has 14 heavy (non-hydrogen) atoms. The molecule has 0 aromatic heterocycles. The summed E-state index contributed by atoms with van der Waals surface area (Å²) >= 11 is 0. The van der Waals surface area contributed by atoms with Gasteiger partial charge in [0.15, 0.2) is 0 Å². The van der Waals surface area contributed by atoms with E-state index in [0.717, 1.165) is 5.56 Å². The molecule has 1 fully saturated rings. The Morgan fingerprint density at radius 1 is 1.43 bits per heavy atom. The Hall–Kier alpha value is -0.900. The van der Waals surface area contributed by atoms with Gasteiger partial charge in [-0.05, 0) is 5.56 Å². The van der Waals surface area contributed by atoms with E-state index in [4.69, 9.17) is 14.6 Å². The molecule has 0 radical (unpaired) electrons. The molecule has 0 aliphatic carbocycles. The minimum atomic E-state index is -0.171. The highest BCUT2D eigenvalue weighted by Gasteiger charge is 2.32. The lowest BCUT2D eigenvalue weighted by atomic mass is 10.2. The van der Waals surface area contributed by atoms with Crippen LogP contribution in [0.1, 0.15) is 5.56 Å². The average Bonchev–Trinajstić information content (AvgIpc) is 3.05. The molecule has 0 amide bonds. The van der Waals surface area contributed by atoms with Gasteiger partial charge in [-0.3, -0.25) is 0 Å². The van der Waals surface area contributed by atoms with Crippen molar-refractivity contribution in [3.63, 3.8) is 0 Å². The number of hydrogen-bond acceptors (Lipinski definition) is 3. The largest absolute Gasteiger partial charge is 0.394 e. The van der Waals surface area contributed by atoms with Crippen molar-refractivity contribution in [3.05, 3.63) is 35.9 Å². The molecule has 1 saturated heterocycles. The lowest BCUT2D eigenvalue weighted by molar-refractivity contribution is -0.0131. The Balaban J connectivity index is 1.81. The second kappa shape index (κ2) is 4.55. The summed E-state index contributed by atoms with van der Waals surface area (Å²) in [6.45, 7) is 1.27. The van der Waals surface area contributed by atoms with Gasteiger partial charge in [0, 0.05) is 0 Å². The maximum atomic E-state index is 9.01. The highest BCUT2D eigenvalue weighted by atomic mass is 16.6. The molecule has 2 rings (SSSR count). The summed E-state index contributed by atoms with van der Waals surface area (Å²) in [5.41, 5.74) is 1.12. The van der Waals surface area contributed by atoms with Gasteiger partial charge >= 0.3 is 0 Å². The first-order chi connectivity index (χ1) is 6.90. The Labute approximate surface area is 83.3 Å². The summed E-state index contributed by atoms with van der Waals surface area (Å²) in [4.78, 5) is 0. The quantitative estimate of drug-likeness (QED) is 0.710. The van der Waals surface area contributed by atoms with Crippen LogP contribution in [0.2, 0.25) is 0 Å². The molecule has 0 unspecified atom stereocenters. The molecular formula is C11H14O3. The lowest BCUT2D eigenvalue weighted by Gasteiger charge is -2.12. The smallest absolute Gasteiger partial charge is 0.109 e. The van der Waals surface area contributed by atoms with Crippen molar-refractivity contribution in [1.82, 2.24) is 0 Å². The molecule has 76 valence electrons. The summed E-state index contributed by atoms with van der Waals surface area (Å²) in [5.74, 6) is 0. The number of hydrogen-bond donors (Lipinski definition) is 1. The van der Waals surface area contributed by atoms with E-state index >= 15 is 0 Å². The molecule has 2 atom stereocenters. The van der Waals surface area contributed by atoms with Crippen LogP contribution in [0.4, 0.5) is 0 Å². The predicted molar refractivity (Wildman–Crippen MR) is 51.8 cm³/mol. The summed E-state index contributed by atoms with van der Waals surface area (Å²) in [6.07, 6.45) is -0.0704. The van der Waals surface area contributed by atoms with Crippen molar-refractivity contribution < 1.29 is 14.6 Å². The third kappa shape index (κ3) is 2.54. The zero-order chi connectivity index (χ0) is 9.80. The fourth-order valence-corrected chi connectivity index (χ4v) is 1.33. The van der Waals surface area contributed by atoms with E-state index in [9.17, 15) is 0 Å². The van der Waals surface area contributed by atoms with E-state index in [0.29, 0.717) is 13.2 Å². The predicted octanol–water partition coefficient (Wildman–Crippen LogP) is 0.963. The van der Waals surface area contributed by atoms with Crippen LogP contribution in [-0.4, -0.2) is 30.5 Å². The maximum absolute atomic E-state index is 9.01. The van der Waals surface area contributed by atoms with E-state index in [1.165, 1.54) is 0 Å². The second-order valence-corrected chi connectivity index (χ2v) is 3.39. The summed E-state index contributed by atoms with van der Waals surface area (Å²) in [5, 5.41) is 9.01. The SMILES string of the molecule is OC[C@@H](OCc1ccccc1)[C@@H]1CO1. The Bertz CT molecular complexity index is 269. The van der Waals surface area contributed by atoms with Crippen LogP contribution in [0, 0.1) is 0 Å². The molecule has 3 heteroatoms. The molecule has 1 aliphatic heterocycles. The summed E-state index contributed by atoms with van der Waals surface area (Å²) in [6, 6.07) is 9.92. The molecule has 0 saturated carbocycles. The van der Waals surface area contributed by atoms with Gasteiger partial charge in [-0.1, -0.05) is 30.3 Å². The van der Waals surface area contributed by atoms with Crippen LogP contribution in [0.3, 0.4) is 0 Å². The van der Waals surface area contributed by atoms with Crippen LogP contribution in [0.15, 0.2) is 30.3 Å².